The van der Waals surface area contributed by atoms with Crippen molar-refractivity contribution in [2.75, 3.05) is 19.0 Å². The van der Waals surface area contributed by atoms with Crippen molar-refractivity contribution >= 4 is 29.3 Å². The van der Waals surface area contributed by atoms with Crippen LogP contribution in [0.2, 0.25) is 5.15 Å². The number of hydrogen-bond acceptors (Lipinski definition) is 5. The van der Waals surface area contributed by atoms with Crippen molar-refractivity contribution in [3.8, 4) is 0 Å². The van der Waals surface area contributed by atoms with Gasteiger partial charge in [-0.2, -0.15) is 0 Å². The minimum atomic E-state index is -1.41. The smallest absolute Gasteiger partial charge is 0.336 e. The van der Waals surface area contributed by atoms with Crippen LogP contribution in [0.1, 0.15) is 0 Å². The van der Waals surface area contributed by atoms with Crippen LogP contribution in [0.5, 0.6) is 0 Å². The SMILES string of the molecule is COC(=O)[C@@H](O)CNC(=O)Nc1cccnc1Cl. The van der Waals surface area contributed by atoms with Crippen molar-refractivity contribution in [2.45, 2.75) is 6.10 Å². The predicted molar refractivity (Wildman–Crippen MR) is 64.3 cm³/mol. The molecular formula is C10H12ClN3O4. The summed E-state index contributed by atoms with van der Waals surface area (Å²) in [4.78, 5) is 26.0. The minimum Gasteiger partial charge on any atom is -0.467 e. The van der Waals surface area contributed by atoms with Crippen molar-refractivity contribution in [3.05, 3.63) is 23.5 Å². The second-order valence-electron chi connectivity index (χ2n) is 3.22. The number of hydrogen-bond donors (Lipinski definition) is 3. The molecule has 1 aromatic rings. The number of aliphatic hydroxyl groups is 1. The molecule has 1 rings (SSSR count). The van der Waals surface area contributed by atoms with E-state index >= 15 is 0 Å². The summed E-state index contributed by atoms with van der Waals surface area (Å²) in [6.07, 6.45) is 0.0667. The highest BCUT2D eigenvalue weighted by molar-refractivity contribution is 6.32. The van der Waals surface area contributed by atoms with E-state index in [4.69, 9.17) is 11.6 Å². The number of halogens is 1. The first-order valence-electron chi connectivity index (χ1n) is 4.96. The molecule has 0 spiro atoms. The number of urea groups is 1. The van der Waals surface area contributed by atoms with Gasteiger partial charge in [-0.05, 0) is 12.1 Å². The van der Waals surface area contributed by atoms with Crippen molar-refractivity contribution in [3.63, 3.8) is 0 Å². The highest BCUT2D eigenvalue weighted by Crippen LogP contribution is 2.16. The molecule has 0 aliphatic heterocycles. The Morgan fingerprint density at radius 3 is 2.94 bits per heavy atom. The van der Waals surface area contributed by atoms with E-state index in [1.54, 1.807) is 12.1 Å². The third kappa shape index (κ3) is 4.19. The second kappa shape index (κ2) is 6.77. The number of carbonyl (C=O) groups excluding carboxylic acids is 2. The molecule has 8 heteroatoms. The van der Waals surface area contributed by atoms with Crippen molar-refractivity contribution in [2.24, 2.45) is 0 Å². The molecule has 0 bridgehead atoms. The van der Waals surface area contributed by atoms with Crippen molar-refractivity contribution in [1.82, 2.24) is 10.3 Å². The molecular weight excluding hydrogens is 262 g/mol. The maximum Gasteiger partial charge on any atom is 0.336 e. The standard InChI is InChI=1S/C10H12ClN3O4/c1-18-9(16)7(15)5-13-10(17)14-6-3-2-4-12-8(6)11/h2-4,7,15H,5H2,1H3,(H2,13,14,17)/t7-/m0/s1. The summed E-state index contributed by atoms with van der Waals surface area (Å²) in [6.45, 7) is -0.267. The number of nitrogens with zero attached hydrogens (tertiary/aromatic N) is 1. The fourth-order valence-corrected chi connectivity index (χ4v) is 1.22. The van der Waals surface area contributed by atoms with Crippen LogP contribution in [-0.4, -0.2) is 41.8 Å². The molecule has 98 valence electrons. The van der Waals surface area contributed by atoms with Crippen LogP contribution < -0.4 is 10.6 Å². The number of nitrogens with one attached hydrogen (secondary N) is 2. The van der Waals surface area contributed by atoms with Gasteiger partial charge < -0.3 is 20.5 Å². The van der Waals surface area contributed by atoms with E-state index in [0.29, 0.717) is 5.69 Å². The summed E-state index contributed by atoms with van der Waals surface area (Å²) >= 11 is 5.73. The van der Waals surface area contributed by atoms with E-state index in [1.807, 2.05) is 0 Å². The molecule has 3 N–H and O–H groups in total. The van der Waals surface area contributed by atoms with Crippen LogP contribution in [0.15, 0.2) is 18.3 Å². The molecule has 0 aromatic carbocycles. The van der Waals surface area contributed by atoms with Gasteiger partial charge in [0.25, 0.3) is 0 Å². The Morgan fingerprint density at radius 1 is 1.61 bits per heavy atom. The highest BCUT2D eigenvalue weighted by atomic mass is 35.5. The molecule has 0 unspecified atom stereocenters. The first-order valence-corrected chi connectivity index (χ1v) is 5.33. The maximum atomic E-state index is 11.4. The van der Waals surface area contributed by atoms with Gasteiger partial charge in [0.05, 0.1) is 19.3 Å². The lowest BCUT2D eigenvalue weighted by molar-refractivity contribution is -0.149. The summed E-state index contributed by atoms with van der Waals surface area (Å²) in [7, 11) is 1.14. The Balaban J connectivity index is 2.43. The first-order chi connectivity index (χ1) is 8.54. The number of rotatable bonds is 4. The molecule has 1 aromatic heterocycles. The molecule has 0 aliphatic rings. The van der Waals surface area contributed by atoms with E-state index < -0.39 is 18.1 Å². The van der Waals surface area contributed by atoms with E-state index in [1.165, 1.54) is 6.20 Å². The number of carbonyl (C=O) groups is 2. The largest absolute Gasteiger partial charge is 0.467 e. The Morgan fingerprint density at radius 2 is 2.33 bits per heavy atom. The Labute approximate surface area is 108 Å². The molecule has 0 aliphatic carbocycles. The van der Waals surface area contributed by atoms with Crippen LogP contribution in [0.25, 0.3) is 0 Å². The number of anilines is 1. The summed E-state index contributed by atoms with van der Waals surface area (Å²) in [5.74, 6) is -0.824. The maximum absolute atomic E-state index is 11.4. The lowest BCUT2D eigenvalue weighted by atomic mass is 10.3. The van der Waals surface area contributed by atoms with Gasteiger partial charge >= 0.3 is 12.0 Å². The van der Waals surface area contributed by atoms with Crippen LogP contribution in [0, 0.1) is 0 Å². The molecule has 1 heterocycles. The normalized spacial score (nSPS) is 11.5. The van der Waals surface area contributed by atoms with E-state index in [2.05, 4.69) is 20.4 Å². The van der Waals surface area contributed by atoms with E-state index in [0.717, 1.165) is 7.11 Å². The number of pyridine rings is 1. The van der Waals surface area contributed by atoms with Gasteiger partial charge in [0.2, 0.25) is 0 Å². The average molecular weight is 274 g/mol. The Kier molecular flexibility index (Phi) is 5.34. The summed E-state index contributed by atoms with van der Waals surface area (Å²) in [6, 6.07) is 2.55. The van der Waals surface area contributed by atoms with Gasteiger partial charge in [0.15, 0.2) is 11.3 Å². The molecule has 0 saturated heterocycles. The number of aliphatic hydroxyl groups excluding tert-OH is 1. The number of methoxy groups -OCH3 is 1. The van der Waals surface area contributed by atoms with Gasteiger partial charge in [0, 0.05) is 6.20 Å². The lowest BCUT2D eigenvalue weighted by Crippen LogP contribution is -2.39. The third-order valence-corrected chi connectivity index (χ3v) is 2.24. The number of ether oxygens (including phenoxy) is 1. The molecule has 7 nitrogen and oxygen atoms in total. The minimum absolute atomic E-state index is 0.140. The molecule has 0 saturated carbocycles. The topological polar surface area (TPSA) is 101 Å². The molecule has 18 heavy (non-hydrogen) atoms. The van der Waals surface area contributed by atoms with E-state index in [9.17, 15) is 14.7 Å². The quantitative estimate of drug-likeness (QED) is 0.544. The number of esters is 1. The van der Waals surface area contributed by atoms with Crippen LogP contribution >= 0.6 is 11.6 Å². The third-order valence-electron chi connectivity index (χ3n) is 1.94. The van der Waals surface area contributed by atoms with Crippen LogP contribution in [-0.2, 0) is 9.53 Å². The predicted octanol–water partition coefficient (Wildman–Crippen LogP) is 0.390. The van der Waals surface area contributed by atoms with Crippen molar-refractivity contribution in [1.29, 1.82) is 0 Å². The van der Waals surface area contributed by atoms with Gasteiger partial charge in [0.1, 0.15) is 0 Å². The van der Waals surface area contributed by atoms with Crippen molar-refractivity contribution < 1.29 is 19.4 Å². The van der Waals surface area contributed by atoms with Gasteiger partial charge in [-0.1, -0.05) is 11.6 Å². The molecule has 0 radical (unpaired) electrons. The second-order valence-corrected chi connectivity index (χ2v) is 3.57. The van der Waals surface area contributed by atoms with Gasteiger partial charge in [-0.3, -0.25) is 0 Å². The summed E-state index contributed by atoms with van der Waals surface area (Å²) < 4.78 is 4.29. The summed E-state index contributed by atoms with van der Waals surface area (Å²) in [5, 5.41) is 14.1. The fourth-order valence-electron chi connectivity index (χ4n) is 1.05. The first kappa shape index (κ1) is 14.2. The Hall–Kier alpha value is -1.86. The van der Waals surface area contributed by atoms with Crippen LogP contribution in [0.4, 0.5) is 10.5 Å². The molecule has 0 fully saturated rings. The van der Waals surface area contributed by atoms with E-state index in [-0.39, 0.29) is 11.7 Å². The number of amides is 2. The fraction of sp³-hybridized carbons (Fsp3) is 0.300. The number of aromatic nitrogens is 1. The average Bonchev–Trinajstić information content (AvgIpc) is 2.37. The zero-order valence-electron chi connectivity index (χ0n) is 9.51. The zero-order chi connectivity index (χ0) is 13.5. The summed E-state index contributed by atoms with van der Waals surface area (Å²) in [5.41, 5.74) is 0.323. The lowest BCUT2D eigenvalue weighted by Gasteiger charge is -2.11. The Bertz CT molecular complexity index is 441. The van der Waals surface area contributed by atoms with Gasteiger partial charge in [-0.15, -0.1) is 0 Å². The highest BCUT2D eigenvalue weighted by Gasteiger charge is 2.16. The monoisotopic (exact) mass is 273 g/mol. The van der Waals surface area contributed by atoms with Gasteiger partial charge in [-0.25, -0.2) is 14.6 Å². The molecule has 2 amide bonds. The molecule has 1 atom stereocenters. The zero-order valence-corrected chi connectivity index (χ0v) is 10.3. The van der Waals surface area contributed by atoms with Crippen LogP contribution in [0.3, 0.4) is 0 Å².